The van der Waals surface area contributed by atoms with E-state index in [1.807, 2.05) is 16.5 Å². The zero-order valence-electron chi connectivity index (χ0n) is 14.5. The highest BCUT2D eigenvalue weighted by Gasteiger charge is 2.29. The molecule has 2 aromatic heterocycles. The fourth-order valence-corrected chi connectivity index (χ4v) is 4.59. The minimum absolute atomic E-state index is 0.171. The van der Waals surface area contributed by atoms with Crippen molar-refractivity contribution in [1.82, 2.24) is 25.0 Å². The van der Waals surface area contributed by atoms with Crippen LogP contribution in [0.3, 0.4) is 0 Å². The number of fused-ring (bicyclic) bond motifs is 1. The summed E-state index contributed by atoms with van der Waals surface area (Å²) in [6.07, 6.45) is 7.50. The van der Waals surface area contributed by atoms with Crippen LogP contribution in [0, 0.1) is 0 Å². The maximum atomic E-state index is 12.8. The molecule has 0 bridgehead atoms. The van der Waals surface area contributed by atoms with E-state index in [1.54, 1.807) is 11.3 Å². The van der Waals surface area contributed by atoms with Gasteiger partial charge in [0.15, 0.2) is 0 Å². The Morgan fingerprint density at radius 3 is 3.16 bits per heavy atom. The molecule has 7 heteroatoms. The first-order valence-corrected chi connectivity index (χ1v) is 10.1. The first-order valence-electron chi connectivity index (χ1n) is 9.26. The summed E-state index contributed by atoms with van der Waals surface area (Å²) in [5, 5.41) is 11.2. The van der Waals surface area contributed by atoms with Crippen molar-refractivity contribution in [2.24, 2.45) is 0 Å². The lowest BCUT2D eigenvalue weighted by molar-refractivity contribution is -0.135. The molecular weight excluding hydrogens is 334 g/mol. The van der Waals surface area contributed by atoms with E-state index in [1.165, 1.54) is 12.1 Å². The third-order valence-electron chi connectivity index (χ3n) is 5.10. The average Bonchev–Trinajstić information content (AvgIpc) is 3.26. The molecule has 134 valence electrons. The fraction of sp³-hybridized carbons (Fsp3) is 0.611. The van der Waals surface area contributed by atoms with Gasteiger partial charge in [-0.25, -0.2) is 4.98 Å². The molecule has 0 radical (unpaired) electrons. The first-order chi connectivity index (χ1) is 12.3. The number of likely N-dealkylation sites (tertiary alicyclic amines) is 1. The van der Waals surface area contributed by atoms with Crippen LogP contribution in [-0.2, 0) is 24.3 Å². The summed E-state index contributed by atoms with van der Waals surface area (Å²) in [7, 11) is 0. The lowest BCUT2D eigenvalue weighted by Gasteiger charge is -2.34. The van der Waals surface area contributed by atoms with Gasteiger partial charge in [-0.15, -0.1) is 11.3 Å². The fourth-order valence-electron chi connectivity index (χ4n) is 3.81. The molecule has 1 N–H and O–H groups in total. The highest BCUT2D eigenvalue weighted by Crippen LogP contribution is 2.32. The number of amides is 1. The minimum atomic E-state index is 0.171. The molecule has 0 aliphatic carbocycles. The third kappa shape index (κ3) is 3.77. The molecule has 0 spiro atoms. The van der Waals surface area contributed by atoms with Crippen molar-refractivity contribution in [3.05, 3.63) is 34.0 Å². The maximum Gasteiger partial charge on any atom is 0.223 e. The van der Waals surface area contributed by atoms with Crippen LogP contribution in [0.2, 0.25) is 0 Å². The summed E-state index contributed by atoms with van der Waals surface area (Å²) in [4.78, 5) is 19.3. The van der Waals surface area contributed by atoms with Gasteiger partial charge in [0.25, 0.3) is 0 Å². The largest absolute Gasteiger partial charge is 0.333 e. The molecule has 25 heavy (non-hydrogen) atoms. The number of nitrogens with one attached hydrogen (secondary N) is 1. The van der Waals surface area contributed by atoms with Gasteiger partial charge in [-0.1, -0.05) is 0 Å². The van der Waals surface area contributed by atoms with Crippen LogP contribution in [0.1, 0.15) is 54.5 Å². The Balaban J connectivity index is 1.39. The van der Waals surface area contributed by atoms with Gasteiger partial charge in [-0.2, -0.15) is 5.10 Å². The molecule has 2 aromatic rings. The molecule has 1 atom stereocenters. The number of nitrogens with zero attached hydrogens (tertiary/aromatic N) is 4. The predicted molar refractivity (Wildman–Crippen MR) is 97.3 cm³/mol. The van der Waals surface area contributed by atoms with Crippen LogP contribution in [0.15, 0.2) is 17.6 Å². The Hall–Kier alpha value is -1.73. The van der Waals surface area contributed by atoms with Gasteiger partial charge in [0, 0.05) is 44.1 Å². The number of carbonyl (C=O) groups is 1. The normalized spacial score (nSPS) is 21.0. The smallest absolute Gasteiger partial charge is 0.223 e. The van der Waals surface area contributed by atoms with Gasteiger partial charge in [-0.3, -0.25) is 9.48 Å². The average molecular weight is 359 g/mol. The van der Waals surface area contributed by atoms with Gasteiger partial charge >= 0.3 is 0 Å². The van der Waals surface area contributed by atoms with Crippen molar-refractivity contribution in [1.29, 1.82) is 0 Å². The summed E-state index contributed by atoms with van der Waals surface area (Å²) in [5.41, 5.74) is 2.27. The molecule has 6 nitrogen and oxygen atoms in total. The Bertz CT molecular complexity index is 688. The molecule has 0 saturated carbocycles. The standard InChI is InChI=1S/C18H25N5OS/c24-17(22-9-2-1-4-16(22)18-20-8-11-25-18)6-5-14-12-15-13-19-7-3-10-23(15)21-14/h8,11-12,16,19H,1-7,9-10,13H2/t16-/m0/s1. The number of aromatic nitrogens is 3. The number of carbonyl (C=O) groups excluding carboxylic acids is 1. The molecule has 1 saturated heterocycles. The zero-order chi connectivity index (χ0) is 17.1. The van der Waals surface area contributed by atoms with Gasteiger partial charge < -0.3 is 10.2 Å². The van der Waals surface area contributed by atoms with Crippen molar-refractivity contribution < 1.29 is 4.79 Å². The van der Waals surface area contributed by atoms with Crippen molar-refractivity contribution in [2.45, 2.75) is 57.7 Å². The molecule has 1 fully saturated rings. The first kappa shape index (κ1) is 16.7. The van der Waals surface area contributed by atoms with E-state index in [2.05, 4.69) is 21.0 Å². The highest BCUT2D eigenvalue weighted by molar-refractivity contribution is 7.09. The summed E-state index contributed by atoms with van der Waals surface area (Å²) in [5.74, 6) is 0.237. The van der Waals surface area contributed by atoms with Crippen molar-refractivity contribution in [2.75, 3.05) is 13.1 Å². The molecule has 2 aliphatic rings. The number of piperidine rings is 1. The van der Waals surface area contributed by atoms with E-state index in [9.17, 15) is 4.79 Å². The Labute approximate surface area is 152 Å². The van der Waals surface area contributed by atoms with E-state index in [0.29, 0.717) is 6.42 Å². The van der Waals surface area contributed by atoms with Gasteiger partial charge in [0.2, 0.25) is 5.91 Å². The summed E-state index contributed by atoms with van der Waals surface area (Å²) < 4.78 is 2.10. The van der Waals surface area contributed by atoms with E-state index in [4.69, 9.17) is 5.10 Å². The molecule has 0 aromatic carbocycles. The summed E-state index contributed by atoms with van der Waals surface area (Å²) >= 11 is 1.66. The predicted octanol–water partition coefficient (Wildman–Crippen LogP) is 2.52. The van der Waals surface area contributed by atoms with Crippen molar-refractivity contribution in [3.8, 4) is 0 Å². The van der Waals surface area contributed by atoms with E-state index in [0.717, 1.165) is 62.6 Å². The number of aryl methyl sites for hydroxylation is 2. The Morgan fingerprint density at radius 1 is 1.32 bits per heavy atom. The zero-order valence-corrected chi connectivity index (χ0v) is 15.3. The third-order valence-corrected chi connectivity index (χ3v) is 5.97. The van der Waals surface area contributed by atoms with Crippen molar-refractivity contribution >= 4 is 17.2 Å². The number of hydrogen-bond acceptors (Lipinski definition) is 5. The van der Waals surface area contributed by atoms with Gasteiger partial charge in [0.05, 0.1) is 17.4 Å². The Kier molecular flexibility index (Phi) is 5.12. The molecule has 4 heterocycles. The van der Waals surface area contributed by atoms with Crippen molar-refractivity contribution in [3.63, 3.8) is 0 Å². The van der Waals surface area contributed by atoms with Crippen LogP contribution in [0.25, 0.3) is 0 Å². The van der Waals surface area contributed by atoms with Crippen LogP contribution < -0.4 is 5.32 Å². The highest BCUT2D eigenvalue weighted by atomic mass is 32.1. The summed E-state index contributed by atoms with van der Waals surface area (Å²) in [6.45, 7) is 3.74. The number of hydrogen-bond donors (Lipinski definition) is 1. The quantitative estimate of drug-likeness (QED) is 0.911. The Morgan fingerprint density at radius 2 is 2.28 bits per heavy atom. The maximum absolute atomic E-state index is 12.8. The SMILES string of the molecule is O=C(CCc1cc2n(n1)CCCNC2)N1CCCC[C@H]1c1nccs1. The van der Waals surface area contributed by atoms with Crippen LogP contribution in [-0.4, -0.2) is 38.7 Å². The lowest BCUT2D eigenvalue weighted by atomic mass is 10.0. The molecule has 2 aliphatic heterocycles. The van der Waals surface area contributed by atoms with Crippen LogP contribution >= 0.6 is 11.3 Å². The lowest BCUT2D eigenvalue weighted by Crippen LogP contribution is -2.38. The summed E-state index contributed by atoms with van der Waals surface area (Å²) in [6, 6.07) is 2.32. The second kappa shape index (κ2) is 7.66. The molecule has 0 unspecified atom stereocenters. The minimum Gasteiger partial charge on any atom is -0.333 e. The van der Waals surface area contributed by atoms with Crippen LogP contribution in [0.4, 0.5) is 0 Å². The second-order valence-electron chi connectivity index (χ2n) is 6.85. The van der Waals surface area contributed by atoms with Crippen LogP contribution in [0.5, 0.6) is 0 Å². The van der Waals surface area contributed by atoms with Gasteiger partial charge in [-0.05, 0) is 38.3 Å². The van der Waals surface area contributed by atoms with E-state index < -0.39 is 0 Å². The number of thiazole rings is 1. The van der Waals surface area contributed by atoms with E-state index in [-0.39, 0.29) is 11.9 Å². The van der Waals surface area contributed by atoms with Gasteiger partial charge in [0.1, 0.15) is 5.01 Å². The molecular formula is C18H25N5OS. The monoisotopic (exact) mass is 359 g/mol. The topological polar surface area (TPSA) is 63.1 Å². The molecule has 1 amide bonds. The van der Waals surface area contributed by atoms with E-state index >= 15 is 0 Å². The second-order valence-corrected chi connectivity index (χ2v) is 7.78. The number of rotatable bonds is 4. The molecule has 4 rings (SSSR count).